The quantitative estimate of drug-likeness (QED) is 0.761. The molecule has 0 atom stereocenters. The van der Waals surface area contributed by atoms with Gasteiger partial charge in [-0.05, 0) is 62.9 Å². The lowest BCUT2D eigenvalue weighted by atomic mass is 9.97. The number of piperidine rings is 1. The van der Waals surface area contributed by atoms with Crippen molar-refractivity contribution in [1.29, 1.82) is 0 Å². The second-order valence-corrected chi connectivity index (χ2v) is 8.12. The van der Waals surface area contributed by atoms with Crippen LogP contribution in [0.2, 0.25) is 5.02 Å². The van der Waals surface area contributed by atoms with Gasteiger partial charge < -0.3 is 15.0 Å². The Labute approximate surface area is 177 Å². The first kappa shape index (κ1) is 21.2. The van der Waals surface area contributed by atoms with Crippen LogP contribution in [0.3, 0.4) is 0 Å². The highest BCUT2D eigenvalue weighted by molar-refractivity contribution is 6.30. The Morgan fingerprint density at radius 3 is 2.55 bits per heavy atom. The molecule has 0 saturated carbocycles. The van der Waals surface area contributed by atoms with Gasteiger partial charge >= 0.3 is 0 Å². The van der Waals surface area contributed by atoms with Gasteiger partial charge in [0, 0.05) is 29.7 Å². The topological polar surface area (TPSA) is 58.6 Å². The lowest BCUT2D eigenvalue weighted by Gasteiger charge is -2.32. The predicted molar refractivity (Wildman–Crippen MR) is 115 cm³/mol. The largest absolute Gasteiger partial charge is 0.492 e. The van der Waals surface area contributed by atoms with Crippen molar-refractivity contribution in [3.8, 4) is 5.75 Å². The van der Waals surface area contributed by atoms with Gasteiger partial charge in [-0.25, -0.2) is 0 Å². The molecule has 1 N–H and O–H groups in total. The Bertz CT molecular complexity index is 861. The van der Waals surface area contributed by atoms with Gasteiger partial charge in [-0.2, -0.15) is 0 Å². The number of ether oxygens (including phenoxy) is 1. The van der Waals surface area contributed by atoms with Crippen molar-refractivity contribution in [2.75, 3.05) is 19.7 Å². The summed E-state index contributed by atoms with van der Waals surface area (Å²) in [5.74, 6) is 0.836. The Kier molecular flexibility index (Phi) is 7.15. The van der Waals surface area contributed by atoms with Crippen molar-refractivity contribution in [2.45, 2.75) is 32.7 Å². The molecule has 1 heterocycles. The standard InChI is InChI=1S/C23H27ClN2O3/c1-16(2)25-22(27)20-8-3-4-9-21(20)29-15-17-10-12-26(13-11-17)23(28)18-6-5-7-19(24)14-18/h3-9,14,16-17H,10-13,15H2,1-2H3,(H,25,27). The average molecular weight is 415 g/mol. The Morgan fingerprint density at radius 2 is 1.86 bits per heavy atom. The highest BCUT2D eigenvalue weighted by atomic mass is 35.5. The summed E-state index contributed by atoms with van der Waals surface area (Å²) < 4.78 is 5.99. The Hall–Kier alpha value is -2.53. The molecule has 0 radical (unpaired) electrons. The van der Waals surface area contributed by atoms with Crippen LogP contribution >= 0.6 is 11.6 Å². The zero-order valence-corrected chi connectivity index (χ0v) is 17.6. The molecular formula is C23H27ClN2O3. The van der Waals surface area contributed by atoms with Crippen LogP contribution in [0.4, 0.5) is 0 Å². The van der Waals surface area contributed by atoms with Crippen LogP contribution < -0.4 is 10.1 Å². The number of carbonyl (C=O) groups excluding carboxylic acids is 2. The van der Waals surface area contributed by atoms with E-state index in [9.17, 15) is 9.59 Å². The Morgan fingerprint density at radius 1 is 1.14 bits per heavy atom. The summed E-state index contributed by atoms with van der Waals surface area (Å²) in [6.07, 6.45) is 1.74. The van der Waals surface area contributed by atoms with Crippen molar-refractivity contribution in [3.63, 3.8) is 0 Å². The molecule has 29 heavy (non-hydrogen) atoms. The van der Waals surface area contributed by atoms with Crippen molar-refractivity contribution >= 4 is 23.4 Å². The summed E-state index contributed by atoms with van der Waals surface area (Å²) in [5.41, 5.74) is 1.17. The third-order valence-corrected chi connectivity index (χ3v) is 5.23. The first-order chi connectivity index (χ1) is 13.9. The van der Waals surface area contributed by atoms with Crippen LogP contribution in [0.1, 0.15) is 47.4 Å². The molecule has 3 rings (SSSR count). The fraction of sp³-hybridized carbons (Fsp3) is 0.391. The van der Waals surface area contributed by atoms with E-state index in [2.05, 4.69) is 5.32 Å². The number of carbonyl (C=O) groups is 2. The summed E-state index contributed by atoms with van der Waals surface area (Å²) in [6.45, 7) is 5.77. The molecule has 0 aromatic heterocycles. The molecule has 5 nitrogen and oxygen atoms in total. The zero-order valence-electron chi connectivity index (χ0n) is 16.9. The second kappa shape index (κ2) is 9.79. The molecule has 2 aromatic carbocycles. The van der Waals surface area contributed by atoms with E-state index in [4.69, 9.17) is 16.3 Å². The maximum atomic E-state index is 12.6. The number of amides is 2. The highest BCUT2D eigenvalue weighted by Gasteiger charge is 2.24. The number of halogens is 1. The smallest absolute Gasteiger partial charge is 0.255 e. The van der Waals surface area contributed by atoms with Crippen LogP contribution in [-0.2, 0) is 0 Å². The Balaban J connectivity index is 1.53. The summed E-state index contributed by atoms with van der Waals surface area (Å²) in [6, 6.07) is 14.4. The monoisotopic (exact) mass is 414 g/mol. The van der Waals surface area contributed by atoms with Gasteiger partial charge in [-0.1, -0.05) is 29.8 Å². The minimum Gasteiger partial charge on any atom is -0.492 e. The van der Waals surface area contributed by atoms with E-state index < -0.39 is 0 Å². The lowest BCUT2D eigenvalue weighted by molar-refractivity contribution is 0.0659. The highest BCUT2D eigenvalue weighted by Crippen LogP contribution is 2.24. The van der Waals surface area contributed by atoms with E-state index >= 15 is 0 Å². The second-order valence-electron chi connectivity index (χ2n) is 7.68. The summed E-state index contributed by atoms with van der Waals surface area (Å²) in [7, 11) is 0. The molecule has 0 spiro atoms. The number of para-hydroxylation sites is 1. The fourth-order valence-corrected chi connectivity index (χ4v) is 3.62. The van der Waals surface area contributed by atoms with Crippen molar-refractivity contribution < 1.29 is 14.3 Å². The molecule has 2 amide bonds. The van der Waals surface area contributed by atoms with Crippen LogP contribution in [-0.4, -0.2) is 42.5 Å². The molecule has 1 fully saturated rings. The van der Waals surface area contributed by atoms with Crippen molar-refractivity contribution in [1.82, 2.24) is 10.2 Å². The average Bonchev–Trinajstić information content (AvgIpc) is 2.72. The number of rotatable bonds is 6. The van der Waals surface area contributed by atoms with Crippen LogP contribution in [0.15, 0.2) is 48.5 Å². The van der Waals surface area contributed by atoms with E-state index in [1.54, 1.807) is 30.3 Å². The molecule has 0 unspecified atom stereocenters. The normalized spacial score (nSPS) is 14.7. The SMILES string of the molecule is CC(C)NC(=O)c1ccccc1OCC1CCN(C(=O)c2cccc(Cl)c2)CC1. The lowest BCUT2D eigenvalue weighted by Crippen LogP contribution is -2.39. The summed E-state index contributed by atoms with van der Waals surface area (Å²) >= 11 is 6.00. The van der Waals surface area contributed by atoms with Gasteiger partial charge in [0.05, 0.1) is 12.2 Å². The number of hydrogen-bond acceptors (Lipinski definition) is 3. The maximum absolute atomic E-state index is 12.6. The molecule has 1 saturated heterocycles. The van der Waals surface area contributed by atoms with Crippen molar-refractivity contribution in [3.05, 3.63) is 64.7 Å². The molecule has 1 aliphatic rings. The molecule has 1 aliphatic heterocycles. The van der Waals surface area contributed by atoms with Gasteiger partial charge in [0.25, 0.3) is 11.8 Å². The van der Waals surface area contributed by atoms with Crippen molar-refractivity contribution in [2.24, 2.45) is 5.92 Å². The van der Waals surface area contributed by atoms with Gasteiger partial charge in [0.15, 0.2) is 0 Å². The molecule has 154 valence electrons. The minimum atomic E-state index is -0.127. The van der Waals surface area contributed by atoms with Gasteiger partial charge in [-0.15, -0.1) is 0 Å². The molecule has 0 aliphatic carbocycles. The van der Waals surface area contributed by atoms with E-state index in [0.717, 1.165) is 12.8 Å². The van der Waals surface area contributed by atoms with Crippen LogP contribution in [0, 0.1) is 5.92 Å². The van der Waals surface area contributed by atoms with Crippen LogP contribution in [0.25, 0.3) is 0 Å². The zero-order chi connectivity index (χ0) is 20.8. The minimum absolute atomic E-state index is 0.0163. The molecular weight excluding hydrogens is 388 g/mol. The van der Waals surface area contributed by atoms with Crippen LogP contribution in [0.5, 0.6) is 5.75 Å². The molecule has 0 bridgehead atoms. The number of likely N-dealkylation sites (tertiary alicyclic amines) is 1. The van der Waals surface area contributed by atoms with Gasteiger partial charge in [-0.3, -0.25) is 9.59 Å². The van der Waals surface area contributed by atoms with E-state index in [1.807, 2.05) is 36.9 Å². The third-order valence-electron chi connectivity index (χ3n) is 5.00. The summed E-state index contributed by atoms with van der Waals surface area (Å²) in [5, 5.41) is 3.47. The number of hydrogen-bond donors (Lipinski definition) is 1. The van der Waals surface area contributed by atoms with E-state index in [0.29, 0.717) is 47.5 Å². The number of nitrogens with one attached hydrogen (secondary N) is 1. The maximum Gasteiger partial charge on any atom is 0.255 e. The number of nitrogens with zero attached hydrogens (tertiary/aromatic N) is 1. The fourth-order valence-electron chi connectivity index (χ4n) is 3.43. The summed E-state index contributed by atoms with van der Waals surface area (Å²) in [4.78, 5) is 26.9. The number of benzene rings is 2. The van der Waals surface area contributed by atoms with E-state index in [-0.39, 0.29) is 17.9 Å². The first-order valence-corrected chi connectivity index (χ1v) is 10.4. The first-order valence-electron chi connectivity index (χ1n) is 10.0. The van der Waals surface area contributed by atoms with Gasteiger partial charge in [0.1, 0.15) is 5.75 Å². The molecule has 2 aromatic rings. The van der Waals surface area contributed by atoms with E-state index in [1.165, 1.54) is 0 Å². The third kappa shape index (κ3) is 5.73. The predicted octanol–water partition coefficient (Wildman–Crippen LogP) is 4.41. The molecule has 6 heteroatoms. The van der Waals surface area contributed by atoms with Gasteiger partial charge in [0.2, 0.25) is 0 Å².